The molecule has 20 heavy (non-hydrogen) atoms. The first-order valence-electron chi connectivity index (χ1n) is 6.48. The summed E-state index contributed by atoms with van der Waals surface area (Å²) in [6.07, 6.45) is 0.383. The predicted octanol–water partition coefficient (Wildman–Crippen LogP) is 1.70. The van der Waals surface area contributed by atoms with Crippen molar-refractivity contribution < 1.29 is 14.3 Å². The quantitative estimate of drug-likeness (QED) is 0.595. The van der Waals surface area contributed by atoms with Crippen LogP contribution < -0.4 is 10.6 Å². The zero-order chi connectivity index (χ0) is 14.8. The summed E-state index contributed by atoms with van der Waals surface area (Å²) in [4.78, 5) is 23.5. The molecule has 1 unspecified atom stereocenters. The van der Waals surface area contributed by atoms with Crippen LogP contribution in [0.3, 0.4) is 0 Å². The molecular weight excluding hydrogens is 280 g/mol. The van der Waals surface area contributed by atoms with Crippen molar-refractivity contribution in [2.45, 2.75) is 19.4 Å². The number of amides is 2. The van der Waals surface area contributed by atoms with Gasteiger partial charge in [-0.05, 0) is 12.5 Å². The summed E-state index contributed by atoms with van der Waals surface area (Å²) in [6, 6.07) is 8.29. The average molecular weight is 299 g/mol. The first-order chi connectivity index (χ1) is 9.67. The molecule has 0 spiro atoms. The highest BCUT2D eigenvalue weighted by molar-refractivity contribution is 6.18. The Kier molecular flexibility index (Phi) is 7.50. The number of rotatable bonds is 7. The van der Waals surface area contributed by atoms with Crippen molar-refractivity contribution in [1.29, 1.82) is 0 Å². The van der Waals surface area contributed by atoms with Gasteiger partial charge in [-0.15, -0.1) is 11.6 Å². The monoisotopic (exact) mass is 298 g/mol. The van der Waals surface area contributed by atoms with Gasteiger partial charge in [-0.1, -0.05) is 30.3 Å². The van der Waals surface area contributed by atoms with E-state index in [1.54, 1.807) is 6.92 Å². The summed E-state index contributed by atoms with van der Waals surface area (Å²) in [5, 5.41) is 5.16. The summed E-state index contributed by atoms with van der Waals surface area (Å²) in [5.74, 6) is -0.131. The van der Waals surface area contributed by atoms with E-state index in [1.807, 2.05) is 30.3 Å². The third-order valence-corrected chi connectivity index (χ3v) is 2.73. The van der Waals surface area contributed by atoms with Crippen LogP contribution in [-0.4, -0.2) is 37.1 Å². The molecule has 0 heterocycles. The second kappa shape index (κ2) is 9.20. The van der Waals surface area contributed by atoms with Crippen LogP contribution in [0.5, 0.6) is 0 Å². The van der Waals surface area contributed by atoms with Crippen molar-refractivity contribution in [3.63, 3.8) is 0 Å². The number of hydrogen-bond donors (Lipinski definition) is 2. The normalized spacial score (nSPS) is 11.5. The van der Waals surface area contributed by atoms with Gasteiger partial charge in [0.05, 0.1) is 6.61 Å². The summed E-state index contributed by atoms with van der Waals surface area (Å²) < 4.78 is 4.97. The fourth-order valence-corrected chi connectivity index (χ4v) is 1.75. The molecule has 1 aromatic rings. The van der Waals surface area contributed by atoms with Crippen LogP contribution in [0.15, 0.2) is 30.3 Å². The van der Waals surface area contributed by atoms with Crippen molar-refractivity contribution in [2.24, 2.45) is 0 Å². The van der Waals surface area contributed by atoms with E-state index in [9.17, 15) is 9.59 Å². The van der Waals surface area contributed by atoms with E-state index in [2.05, 4.69) is 10.6 Å². The molecule has 6 heteroatoms. The third-order valence-electron chi connectivity index (χ3n) is 2.54. The van der Waals surface area contributed by atoms with Gasteiger partial charge in [0.1, 0.15) is 6.04 Å². The largest absolute Gasteiger partial charge is 0.464 e. The van der Waals surface area contributed by atoms with Crippen molar-refractivity contribution in [3.05, 3.63) is 35.9 Å². The molecule has 2 N–H and O–H groups in total. The number of carbonyl (C=O) groups is 2. The maximum Gasteiger partial charge on any atom is 0.329 e. The molecular formula is C14H19ClN2O3. The summed E-state index contributed by atoms with van der Waals surface area (Å²) in [6.45, 7) is 2.34. The molecule has 1 rings (SSSR count). The van der Waals surface area contributed by atoms with Gasteiger partial charge in [0.2, 0.25) is 0 Å². The van der Waals surface area contributed by atoms with Crippen molar-refractivity contribution in [2.75, 3.05) is 19.0 Å². The SMILES string of the molecule is CCOC(=O)C(Cc1ccccc1)NC(=O)NCCCl. The van der Waals surface area contributed by atoms with Crippen LogP contribution in [0.2, 0.25) is 0 Å². The molecule has 5 nitrogen and oxygen atoms in total. The molecule has 0 fully saturated rings. The molecule has 1 aromatic carbocycles. The van der Waals surface area contributed by atoms with Gasteiger partial charge >= 0.3 is 12.0 Å². The number of benzene rings is 1. The fraction of sp³-hybridized carbons (Fsp3) is 0.429. The van der Waals surface area contributed by atoms with Crippen LogP contribution in [0.25, 0.3) is 0 Å². The molecule has 1 atom stereocenters. The lowest BCUT2D eigenvalue weighted by Gasteiger charge is -2.17. The second-order valence-corrected chi connectivity index (χ2v) is 4.46. The van der Waals surface area contributed by atoms with Crippen LogP contribution in [0, 0.1) is 0 Å². The Bertz CT molecular complexity index is 426. The maximum atomic E-state index is 11.9. The summed E-state index contributed by atoms with van der Waals surface area (Å²) in [7, 11) is 0. The van der Waals surface area contributed by atoms with Crippen molar-refractivity contribution in [1.82, 2.24) is 10.6 Å². The summed E-state index contributed by atoms with van der Waals surface area (Å²) >= 11 is 5.49. The first-order valence-corrected chi connectivity index (χ1v) is 7.01. The molecule has 0 radical (unpaired) electrons. The van der Waals surface area contributed by atoms with Crippen LogP contribution in [-0.2, 0) is 16.0 Å². The molecule has 0 aliphatic carbocycles. The predicted molar refractivity (Wildman–Crippen MR) is 77.8 cm³/mol. The van der Waals surface area contributed by atoms with Crippen LogP contribution in [0.4, 0.5) is 4.79 Å². The van der Waals surface area contributed by atoms with Gasteiger partial charge < -0.3 is 15.4 Å². The van der Waals surface area contributed by atoms with E-state index in [0.29, 0.717) is 18.8 Å². The number of alkyl halides is 1. The smallest absolute Gasteiger partial charge is 0.329 e. The Morgan fingerprint density at radius 2 is 2.00 bits per heavy atom. The van der Waals surface area contributed by atoms with E-state index in [1.165, 1.54) is 0 Å². The average Bonchev–Trinajstić information content (AvgIpc) is 2.46. The number of esters is 1. The lowest BCUT2D eigenvalue weighted by atomic mass is 10.1. The molecule has 0 bridgehead atoms. The Labute approximate surface area is 123 Å². The second-order valence-electron chi connectivity index (χ2n) is 4.08. The highest BCUT2D eigenvalue weighted by atomic mass is 35.5. The third kappa shape index (κ3) is 5.93. The molecule has 2 amide bonds. The van der Waals surface area contributed by atoms with E-state index in [4.69, 9.17) is 16.3 Å². The van der Waals surface area contributed by atoms with Gasteiger partial charge in [-0.25, -0.2) is 9.59 Å². The van der Waals surface area contributed by atoms with Crippen LogP contribution in [0.1, 0.15) is 12.5 Å². The van der Waals surface area contributed by atoms with Gasteiger partial charge in [-0.3, -0.25) is 0 Å². The number of halogens is 1. The van der Waals surface area contributed by atoms with E-state index < -0.39 is 18.0 Å². The Hall–Kier alpha value is -1.75. The number of urea groups is 1. The minimum atomic E-state index is -0.715. The number of ether oxygens (including phenoxy) is 1. The molecule has 110 valence electrons. The molecule has 0 aromatic heterocycles. The number of nitrogens with one attached hydrogen (secondary N) is 2. The summed E-state index contributed by atoms with van der Waals surface area (Å²) in [5.41, 5.74) is 0.947. The standard InChI is InChI=1S/C14H19ClN2O3/c1-2-20-13(18)12(17-14(19)16-9-8-15)10-11-6-4-3-5-7-11/h3-7,12H,2,8-10H2,1H3,(H2,16,17,19). The molecule has 0 saturated heterocycles. The molecule has 0 aliphatic heterocycles. The minimum Gasteiger partial charge on any atom is -0.464 e. The maximum absolute atomic E-state index is 11.9. The van der Waals surface area contributed by atoms with Gasteiger partial charge in [0.25, 0.3) is 0 Å². The Morgan fingerprint density at radius 1 is 1.30 bits per heavy atom. The number of carbonyl (C=O) groups excluding carboxylic acids is 2. The highest BCUT2D eigenvalue weighted by Crippen LogP contribution is 2.04. The Balaban J connectivity index is 2.65. The minimum absolute atomic E-state index is 0.273. The zero-order valence-electron chi connectivity index (χ0n) is 11.4. The zero-order valence-corrected chi connectivity index (χ0v) is 12.2. The lowest BCUT2D eigenvalue weighted by molar-refractivity contribution is -0.145. The van der Waals surface area contributed by atoms with Gasteiger partial charge in [0, 0.05) is 18.8 Å². The lowest BCUT2D eigenvalue weighted by Crippen LogP contribution is -2.48. The van der Waals surface area contributed by atoms with Gasteiger partial charge in [-0.2, -0.15) is 0 Å². The van der Waals surface area contributed by atoms with E-state index >= 15 is 0 Å². The molecule has 0 saturated carbocycles. The topological polar surface area (TPSA) is 67.4 Å². The Morgan fingerprint density at radius 3 is 2.60 bits per heavy atom. The molecule has 0 aliphatic rings. The first kappa shape index (κ1) is 16.3. The van der Waals surface area contributed by atoms with Crippen LogP contribution >= 0.6 is 11.6 Å². The fourth-order valence-electron chi connectivity index (χ4n) is 1.66. The number of hydrogen-bond acceptors (Lipinski definition) is 3. The highest BCUT2D eigenvalue weighted by Gasteiger charge is 2.22. The van der Waals surface area contributed by atoms with E-state index in [0.717, 1.165) is 5.56 Å². The van der Waals surface area contributed by atoms with Crippen molar-refractivity contribution in [3.8, 4) is 0 Å². The van der Waals surface area contributed by atoms with Crippen molar-refractivity contribution >= 4 is 23.6 Å². The van der Waals surface area contributed by atoms with E-state index in [-0.39, 0.29) is 6.61 Å². The van der Waals surface area contributed by atoms with Gasteiger partial charge in [0.15, 0.2) is 0 Å².